The molecule has 27 heavy (non-hydrogen) atoms. The Morgan fingerprint density at radius 2 is 1.85 bits per heavy atom. The van der Waals surface area contributed by atoms with E-state index < -0.39 is 0 Å². The molecule has 0 saturated carbocycles. The number of rotatable bonds is 5. The monoisotopic (exact) mass is 392 g/mol. The van der Waals surface area contributed by atoms with Crippen molar-refractivity contribution in [2.24, 2.45) is 0 Å². The molecule has 2 aromatic rings. The quantitative estimate of drug-likeness (QED) is 0.836. The second kappa shape index (κ2) is 8.41. The topological polar surface area (TPSA) is 85.8 Å². The molecule has 3 rings (SSSR count). The number of carbonyl (C=O) groups is 1. The lowest BCUT2D eigenvalue weighted by atomic mass is 10.2. The molecule has 144 valence electrons. The third-order valence-electron chi connectivity index (χ3n) is 4.09. The molecule has 1 aliphatic heterocycles. The molecule has 2 heterocycles. The highest BCUT2D eigenvalue weighted by Crippen LogP contribution is 2.36. The first-order chi connectivity index (χ1) is 13.0. The number of methoxy groups -OCH3 is 2. The standard InChI is InChI=1S/C18H21ClN4O4/c1-11-8-14(22-18(20-11)23-4-6-27-7-5-23)17(24)21-13-10-15(25-2)12(19)9-16(13)26-3/h8-10H,4-7H2,1-3H3,(H,21,24). The maximum absolute atomic E-state index is 12.8. The van der Waals surface area contributed by atoms with E-state index in [1.807, 2.05) is 11.8 Å². The van der Waals surface area contributed by atoms with Crippen molar-refractivity contribution in [1.29, 1.82) is 0 Å². The van der Waals surface area contributed by atoms with Crippen molar-refractivity contribution in [2.45, 2.75) is 6.92 Å². The van der Waals surface area contributed by atoms with Crippen LogP contribution >= 0.6 is 11.6 Å². The number of nitrogens with one attached hydrogen (secondary N) is 1. The van der Waals surface area contributed by atoms with Crippen LogP contribution in [0.25, 0.3) is 0 Å². The summed E-state index contributed by atoms with van der Waals surface area (Å²) >= 11 is 6.11. The minimum absolute atomic E-state index is 0.264. The Balaban J connectivity index is 1.87. The zero-order valence-corrected chi connectivity index (χ0v) is 16.2. The van der Waals surface area contributed by atoms with Crippen molar-refractivity contribution in [3.05, 3.63) is 34.6 Å². The normalized spacial score (nSPS) is 14.0. The van der Waals surface area contributed by atoms with Crippen LogP contribution in [0.3, 0.4) is 0 Å². The number of benzene rings is 1. The second-order valence-electron chi connectivity index (χ2n) is 5.94. The number of hydrogen-bond donors (Lipinski definition) is 1. The molecule has 0 unspecified atom stereocenters. The summed E-state index contributed by atoms with van der Waals surface area (Å²) in [6.07, 6.45) is 0. The average Bonchev–Trinajstić information content (AvgIpc) is 2.69. The lowest BCUT2D eigenvalue weighted by Gasteiger charge is -2.27. The molecule has 1 aromatic carbocycles. The van der Waals surface area contributed by atoms with Crippen LogP contribution in [-0.2, 0) is 4.74 Å². The van der Waals surface area contributed by atoms with Crippen LogP contribution in [0.5, 0.6) is 11.5 Å². The van der Waals surface area contributed by atoms with Crippen LogP contribution in [0.15, 0.2) is 18.2 Å². The summed E-state index contributed by atoms with van der Waals surface area (Å²) in [6.45, 7) is 4.43. The van der Waals surface area contributed by atoms with Crippen LogP contribution < -0.4 is 19.7 Å². The smallest absolute Gasteiger partial charge is 0.274 e. The number of halogens is 1. The van der Waals surface area contributed by atoms with Gasteiger partial charge in [-0.1, -0.05) is 11.6 Å². The molecule has 1 amide bonds. The van der Waals surface area contributed by atoms with Crippen LogP contribution in [0.4, 0.5) is 11.6 Å². The molecule has 1 N–H and O–H groups in total. The molecular weight excluding hydrogens is 372 g/mol. The van der Waals surface area contributed by atoms with Crippen LogP contribution in [0.2, 0.25) is 5.02 Å². The van der Waals surface area contributed by atoms with Crippen LogP contribution in [0, 0.1) is 6.92 Å². The Bertz CT molecular complexity index is 840. The fourth-order valence-electron chi connectivity index (χ4n) is 2.72. The van der Waals surface area contributed by atoms with E-state index >= 15 is 0 Å². The van der Waals surface area contributed by atoms with Gasteiger partial charge in [-0.2, -0.15) is 0 Å². The number of morpholine rings is 1. The number of nitrogens with zero attached hydrogens (tertiary/aromatic N) is 3. The van der Waals surface area contributed by atoms with Gasteiger partial charge in [0.1, 0.15) is 17.2 Å². The predicted octanol–water partition coefficient (Wildman–Crippen LogP) is 2.54. The molecule has 0 spiro atoms. The fraction of sp³-hybridized carbons (Fsp3) is 0.389. The summed E-state index contributed by atoms with van der Waals surface area (Å²) < 4.78 is 15.9. The van der Waals surface area contributed by atoms with E-state index in [1.165, 1.54) is 14.2 Å². The zero-order chi connectivity index (χ0) is 19.4. The molecule has 0 radical (unpaired) electrons. The summed E-state index contributed by atoms with van der Waals surface area (Å²) in [5, 5.41) is 3.19. The minimum Gasteiger partial charge on any atom is -0.495 e. The maximum Gasteiger partial charge on any atom is 0.274 e. The number of aryl methyl sites for hydroxylation is 1. The lowest BCUT2D eigenvalue weighted by molar-refractivity contribution is 0.102. The second-order valence-corrected chi connectivity index (χ2v) is 6.34. The largest absolute Gasteiger partial charge is 0.495 e. The average molecular weight is 393 g/mol. The molecule has 1 fully saturated rings. The number of hydrogen-bond acceptors (Lipinski definition) is 7. The van der Waals surface area contributed by atoms with Gasteiger partial charge in [0.05, 0.1) is 38.1 Å². The van der Waals surface area contributed by atoms with Crippen LogP contribution in [0.1, 0.15) is 16.2 Å². The summed E-state index contributed by atoms with van der Waals surface area (Å²) in [4.78, 5) is 23.6. The molecule has 0 bridgehead atoms. The van der Waals surface area contributed by atoms with Gasteiger partial charge in [-0.25, -0.2) is 9.97 Å². The number of ether oxygens (including phenoxy) is 3. The Labute approximate surface area is 162 Å². The Hall–Kier alpha value is -2.58. The molecule has 1 saturated heterocycles. The van der Waals surface area contributed by atoms with E-state index in [1.54, 1.807) is 18.2 Å². The molecule has 9 heteroatoms. The number of aromatic nitrogens is 2. The number of carbonyl (C=O) groups excluding carboxylic acids is 1. The van der Waals surface area contributed by atoms with Crippen LogP contribution in [-0.4, -0.2) is 56.4 Å². The lowest BCUT2D eigenvalue weighted by Crippen LogP contribution is -2.37. The number of anilines is 2. The third kappa shape index (κ3) is 4.40. The highest BCUT2D eigenvalue weighted by atomic mass is 35.5. The molecule has 8 nitrogen and oxygen atoms in total. The van der Waals surface area contributed by atoms with E-state index in [-0.39, 0.29) is 11.6 Å². The Morgan fingerprint density at radius 1 is 1.15 bits per heavy atom. The first kappa shape index (κ1) is 19.2. The van der Waals surface area contributed by atoms with Gasteiger partial charge in [-0.3, -0.25) is 4.79 Å². The molecular formula is C18H21ClN4O4. The van der Waals surface area contributed by atoms with Gasteiger partial charge in [0, 0.05) is 30.9 Å². The highest BCUT2D eigenvalue weighted by molar-refractivity contribution is 6.32. The van der Waals surface area contributed by atoms with Gasteiger partial charge < -0.3 is 24.4 Å². The van der Waals surface area contributed by atoms with Crippen molar-refractivity contribution in [1.82, 2.24) is 9.97 Å². The fourth-order valence-corrected chi connectivity index (χ4v) is 2.95. The van der Waals surface area contributed by atoms with E-state index in [2.05, 4.69) is 15.3 Å². The first-order valence-electron chi connectivity index (χ1n) is 8.43. The Kier molecular flexibility index (Phi) is 5.98. The van der Waals surface area contributed by atoms with Gasteiger partial charge in [-0.05, 0) is 13.0 Å². The van der Waals surface area contributed by atoms with Crippen molar-refractivity contribution < 1.29 is 19.0 Å². The zero-order valence-electron chi connectivity index (χ0n) is 15.4. The van der Waals surface area contributed by atoms with Crippen molar-refractivity contribution in [3.8, 4) is 11.5 Å². The first-order valence-corrected chi connectivity index (χ1v) is 8.81. The van der Waals surface area contributed by atoms with Gasteiger partial charge in [-0.15, -0.1) is 0 Å². The van der Waals surface area contributed by atoms with E-state index in [0.717, 1.165) is 0 Å². The molecule has 1 aliphatic rings. The minimum atomic E-state index is -0.377. The van der Waals surface area contributed by atoms with Crippen molar-refractivity contribution >= 4 is 29.1 Å². The predicted molar refractivity (Wildman–Crippen MR) is 102 cm³/mol. The highest BCUT2D eigenvalue weighted by Gasteiger charge is 2.19. The van der Waals surface area contributed by atoms with E-state index in [0.29, 0.717) is 60.2 Å². The maximum atomic E-state index is 12.8. The van der Waals surface area contributed by atoms with Gasteiger partial charge in [0.15, 0.2) is 0 Å². The molecule has 1 aromatic heterocycles. The van der Waals surface area contributed by atoms with Crippen molar-refractivity contribution in [2.75, 3.05) is 50.7 Å². The summed E-state index contributed by atoms with van der Waals surface area (Å²) in [5.41, 5.74) is 1.41. The van der Waals surface area contributed by atoms with Crippen molar-refractivity contribution in [3.63, 3.8) is 0 Å². The molecule has 0 aliphatic carbocycles. The Morgan fingerprint density at radius 3 is 2.52 bits per heavy atom. The SMILES string of the molecule is COc1cc(NC(=O)c2cc(C)nc(N3CCOCC3)n2)c(OC)cc1Cl. The third-order valence-corrected chi connectivity index (χ3v) is 4.39. The van der Waals surface area contributed by atoms with Gasteiger partial charge in [0.25, 0.3) is 5.91 Å². The summed E-state index contributed by atoms with van der Waals surface area (Å²) in [5.74, 6) is 0.996. The van der Waals surface area contributed by atoms with E-state index in [4.69, 9.17) is 25.8 Å². The van der Waals surface area contributed by atoms with E-state index in [9.17, 15) is 4.79 Å². The number of amides is 1. The summed E-state index contributed by atoms with van der Waals surface area (Å²) in [6, 6.07) is 4.83. The summed E-state index contributed by atoms with van der Waals surface area (Å²) in [7, 11) is 3.00. The van der Waals surface area contributed by atoms with Gasteiger partial charge >= 0.3 is 0 Å². The van der Waals surface area contributed by atoms with Gasteiger partial charge in [0.2, 0.25) is 5.95 Å². The molecule has 0 atom stereocenters.